The number of hydrogen-bond acceptors (Lipinski definition) is 3. The molecule has 0 aromatic heterocycles. The maximum atomic E-state index is 11.9. The van der Waals surface area contributed by atoms with Crippen LogP contribution in [0.15, 0.2) is 29.2 Å². The molecule has 16 heavy (non-hydrogen) atoms. The van der Waals surface area contributed by atoms with Gasteiger partial charge in [-0.25, -0.2) is 0 Å². The average molecular weight is 241 g/mol. The van der Waals surface area contributed by atoms with Crippen LogP contribution >= 0.6 is 0 Å². The van der Waals surface area contributed by atoms with Gasteiger partial charge in [0, 0.05) is 5.69 Å². The Morgan fingerprint density at radius 1 is 1.31 bits per heavy atom. The first kappa shape index (κ1) is 13.2. The number of para-hydroxylation sites is 1. The molecule has 0 saturated carbocycles. The largest absolute Gasteiger partial charge is 0.398 e. The van der Waals surface area contributed by atoms with Gasteiger partial charge in [-0.3, -0.25) is 4.21 Å². The first-order valence-electron chi connectivity index (χ1n) is 5.27. The van der Waals surface area contributed by atoms with E-state index in [1.165, 1.54) is 0 Å². The van der Waals surface area contributed by atoms with Crippen molar-refractivity contribution in [2.75, 3.05) is 18.1 Å². The van der Waals surface area contributed by atoms with Crippen LogP contribution in [-0.2, 0) is 15.5 Å². The van der Waals surface area contributed by atoms with E-state index in [9.17, 15) is 4.21 Å². The van der Waals surface area contributed by atoms with Crippen LogP contribution in [0.3, 0.4) is 0 Å². The Bertz CT molecular complexity index is 372. The highest BCUT2D eigenvalue weighted by Crippen LogP contribution is 2.16. The molecule has 1 atom stereocenters. The second-order valence-electron chi connectivity index (χ2n) is 4.55. The molecule has 4 heteroatoms. The zero-order valence-electron chi connectivity index (χ0n) is 10.0. The van der Waals surface area contributed by atoms with E-state index in [0.717, 1.165) is 0 Å². The minimum absolute atomic E-state index is 0.188. The van der Waals surface area contributed by atoms with Crippen molar-refractivity contribution in [2.45, 2.75) is 31.3 Å². The van der Waals surface area contributed by atoms with E-state index in [4.69, 9.17) is 10.5 Å². The normalized spacial score (nSPS) is 13.7. The van der Waals surface area contributed by atoms with Gasteiger partial charge in [0.05, 0.1) is 33.7 Å². The summed E-state index contributed by atoms with van der Waals surface area (Å²) in [5.74, 6) is 0.478. The van der Waals surface area contributed by atoms with Crippen molar-refractivity contribution in [2.24, 2.45) is 0 Å². The highest BCUT2D eigenvalue weighted by Gasteiger charge is 2.12. The molecule has 0 aliphatic heterocycles. The zero-order valence-corrected chi connectivity index (χ0v) is 10.8. The standard InChI is InChI=1S/C12H19NO2S/c1-12(2,3)15-8-9-16(14)11-7-5-4-6-10(11)13/h4-7H,8-9,13H2,1-3H3. The summed E-state index contributed by atoms with van der Waals surface area (Å²) < 4.78 is 17.4. The molecule has 1 unspecified atom stereocenters. The minimum Gasteiger partial charge on any atom is -0.398 e. The first-order valence-corrected chi connectivity index (χ1v) is 6.59. The highest BCUT2D eigenvalue weighted by atomic mass is 32.2. The second-order valence-corrected chi connectivity index (χ2v) is 6.09. The van der Waals surface area contributed by atoms with Gasteiger partial charge in [-0.2, -0.15) is 0 Å². The van der Waals surface area contributed by atoms with Crippen LogP contribution in [0, 0.1) is 0 Å². The summed E-state index contributed by atoms with van der Waals surface area (Å²) in [5, 5.41) is 0. The predicted octanol–water partition coefficient (Wildman–Crippen LogP) is 2.19. The number of rotatable bonds is 4. The van der Waals surface area contributed by atoms with Crippen LogP contribution in [0.5, 0.6) is 0 Å². The SMILES string of the molecule is CC(C)(C)OCCS(=O)c1ccccc1N. The van der Waals surface area contributed by atoms with Gasteiger partial charge >= 0.3 is 0 Å². The molecule has 0 saturated heterocycles. The summed E-state index contributed by atoms with van der Waals surface area (Å²) in [7, 11) is -1.08. The van der Waals surface area contributed by atoms with Crippen molar-refractivity contribution in [1.29, 1.82) is 0 Å². The fourth-order valence-corrected chi connectivity index (χ4v) is 2.24. The molecule has 2 N–H and O–H groups in total. The van der Waals surface area contributed by atoms with Crippen molar-refractivity contribution in [3.8, 4) is 0 Å². The number of benzene rings is 1. The molecule has 0 heterocycles. The second kappa shape index (κ2) is 5.46. The Kier molecular flexibility index (Phi) is 4.50. The topological polar surface area (TPSA) is 52.3 Å². The highest BCUT2D eigenvalue weighted by molar-refractivity contribution is 7.85. The van der Waals surface area contributed by atoms with E-state index in [1.807, 2.05) is 32.9 Å². The van der Waals surface area contributed by atoms with Gasteiger partial charge in [0.2, 0.25) is 0 Å². The molecule has 0 fully saturated rings. The van der Waals surface area contributed by atoms with Gasteiger partial charge < -0.3 is 10.5 Å². The first-order chi connectivity index (χ1) is 7.40. The third kappa shape index (κ3) is 4.33. The average Bonchev–Trinajstić information content (AvgIpc) is 2.16. The fraction of sp³-hybridized carbons (Fsp3) is 0.500. The molecular weight excluding hydrogens is 222 g/mol. The summed E-state index contributed by atoms with van der Waals surface area (Å²) in [4.78, 5) is 0.694. The van der Waals surface area contributed by atoms with Crippen LogP contribution in [0.4, 0.5) is 5.69 Å². The summed E-state index contributed by atoms with van der Waals surface area (Å²) in [5.41, 5.74) is 6.14. The van der Waals surface area contributed by atoms with Crippen LogP contribution in [0.1, 0.15) is 20.8 Å². The van der Waals surface area contributed by atoms with E-state index in [-0.39, 0.29) is 5.60 Å². The summed E-state index contributed by atoms with van der Waals surface area (Å²) in [6.45, 7) is 6.41. The van der Waals surface area contributed by atoms with Crippen LogP contribution in [-0.4, -0.2) is 22.2 Å². The molecular formula is C12H19NO2S. The lowest BCUT2D eigenvalue weighted by Crippen LogP contribution is -2.22. The number of nitrogen functional groups attached to an aromatic ring is 1. The Morgan fingerprint density at radius 2 is 1.94 bits per heavy atom. The van der Waals surface area contributed by atoms with E-state index in [1.54, 1.807) is 12.1 Å². The van der Waals surface area contributed by atoms with Crippen LogP contribution < -0.4 is 5.73 Å². The zero-order chi connectivity index (χ0) is 12.2. The molecule has 0 amide bonds. The Balaban J connectivity index is 2.51. The van der Waals surface area contributed by atoms with Crippen LogP contribution in [0.2, 0.25) is 0 Å². The Labute approximate surface area is 99.4 Å². The number of anilines is 1. The molecule has 0 spiro atoms. The van der Waals surface area contributed by atoms with Gasteiger partial charge in [-0.05, 0) is 32.9 Å². The predicted molar refractivity (Wildman–Crippen MR) is 67.8 cm³/mol. The molecule has 0 bridgehead atoms. The maximum absolute atomic E-state index is 11.9. The van der Waals surface area contributed by atoms with Gasteiger partial charge in [0.15, 0.2) is 0 Å². The van der Waals surface area contributed by atoms with E-state index >= 15 is 0 Å². The summed E-state index contributed by atoms with van der Waals surface area (Å²) in [6.07, 6.45) is 0. The maximum Gasteiger partial charge on any atom is 0.0618 e. The fourth-order valence-electron chi connectivity index (χ4n) is 1.22. The molecule has 0 aliphatic carbocycles. The van der Waals surface area contributed by atoms with Crippen molar-refractivity contribution in [3.63, 3.8) is 0 Å². The van der Waals surface area contributed by atoms with E-state index in [2.05, 4.69) is 0 Å². The lowest BCUT2D eigenvalue weighted by molar-refractivity contribution is 0.00669. The molecule has 0 aliphatic rings. The lowest BCUT2D eigenvalue weighted by Gasteiger charge is -2.19. The molecule has 90 valence electrons. The third-order valence-corrected chi connectivity index (χ3v) is 3.37. The quantitative estimate of drug-likeness (QED) is 0.822. The number of hydrogen-bond donors (Lipinski definition) is 1. The molecule has 1 aromatic rings. The van der Waals surface area contributed by atoms with E-state index in [0.29, 0.717) is 22.9 Å². The van der Waals surface area contributed by atoms with Gasteiger partial charge in [-0.15, -0.1) is 0 Å². The van der Waals surface area contributed by atoms with Crippen molar-refractivity contribution in [3.05, 3.63) is 24.3 Å². The summed E-state index contributed by atoms with van der Waals surface area (Å²) >= 11 is 0. The minimum atomic E-state index is -1.08. The molecule has 1 aromatic carbocycles. The number of nitrogens with two attached hydrogens (primary N) is 1. The molecule has 3 nitrogen and oxygen atoms in total. The summed E-state index contributed by atoms with van der Waals surface area (Å²) in [6, 6.07) is 7.23. The third-order valence-electron chi connectivity index (χ3n) is 1.97. The van der Waals surface area contributed by atoms with Gasteiger partial charge in [-0.1, -0.05) is 12.1 Å². The van der Waals surface area contributed by atoms with Crippen LogP contribution in [0.25, 0.3) is 0 Å². The van der Waals surface area contributed by atoms with Crippen molar-refractivity contribution in [1.82, 2.24) is 0 Å². The van der Waals surface area contributed by atoms with E-state index < -0.39 is 10.8 Å². The molecule has 0 radical (unpaired) electrons. The Morgan fingerprint density at radius 3 is 2.50 bits per heavy atom. The van der Waals surface area contributed by atoms with Gasteiger partial charge in [0.25, 0.3) is 0 Å². The smallest absolute Gasteiger partial charge is 0.0618 e. The Hall–Kier alpha value is -0.870. The monoisotopic (exact) mass is 241 g/mol. The van der Waals surface area contributed by atoms with Gasteiger partial charge in [0.1, 0.15) is 0 Å². The number of ether oxygens (including phenoxy) is 1. The lowest BCUT2D eigenvalue weighted by atomic mass is 10.2. The van der Waals surface area contributed by atoms with Crippen molar-refractivity contribution < 1.29 is 8.95 Å². The van der Waals surface area contributed by atoms with Crippen molar-refractivity contribution >= 4 is 16.5 Å². The molecule has 1 rings (SSSR count).